The lowest BCUT2D eigenvalue weighted by molar-refractivity contribution is -0.899. The summed E-state index contributed by atoms with van der Waals surface area (Å²) in [5.74, 6) is -0.801. The molecule has 3 aromatic rings. The average molecular weight is 514 g/mol. The second-order valence-corrected chi connectivity index (χ2v) is 11.0. The molecule has 2 unspecified atom stereocenters. The fourth-order valence-corrected chi connectivity index (χ4v) is 6.46. The minimum atomic E-state index is -1.12. The van der Waals surface area contributed by atoms with E-state index in [0.717, 1.165) is 42.2 Å². The number of phenols is 2. The number of primary amides is 1. The zero-order valence-corrected chi connectivity index (χ0v) is 21.0. The molecule has 1 amide bonds. The lowest BCUT2D eigenvalue weighted by Gasteiger charge is -2.38. The molecular weight excluding hydrogens is 482 g/mol. The average Bonchev–Trinajstić information content (AvgIpc) is 3.21. The fraction of sp³-hybridized carbons (Fsp3) is 0.321. The van der Waals surface area contributed by atoms with Crippen molar-refractivity contribution in [3.63, 3.8) is 0 Å². The maximum Gasteiger partial charge on any atom is 0.233 e. The Morgan fingerprint density at radius 3 is 2.03 bits per heavy atom. The van der Waals surface area contributed by atoms with Gasteiger partial charge >= 0.3 is 0 Å². The molecule has 36 heavy (non-hydrogen) atoms. The minimum Gasteiger partial charge on any atom is -0.508 e. The van der Waals surface area contributed by atoms with Crippen molar-refractivity contribution in [3.8, 4) is 11.5 Å². The maximum absolute atomic E-state index is 13.5. The van der Waals surface area contributed by atoms with E-state index in [9.17, 15) is 23.8 Å². The Balaban J connectivity index is 1.55. The molecule has 2 atom stereocenters. The van der Waals surface area contributed by atoms with Crippen LogP contribution in [-0.4, -0.2) is 53.0 Å². The first-order valence-corrected chi connectivity index (χ1v) is 12.9. The first kappa shape index (κ1) is 26.0. The van der Waals surface area contributed by atoms with Gasteiger partial charge in [0.15, 0.2) is 0 Å². The van der Waals surface area contributed by atoms with Crippen LogP contribution in [0.4, 0.5) is 8.78 Å². The summed E-state index contributed by atoms with van der Waals surface area (Å²) < 4.78 is 27.7. The van der Waals surface area contributed by atoms with Gasteiger partial charge in [0.05, 0.1) is 26.7 Å². The molecule has 8 heteroatoms. The van der Waals surface area contributed by atoms with Crippen LogP contribution in [0, 0.1) is 17.6 Å². The molecule has 3 aromatic carbocycles. The van der Waals surface area contributed by atoms with Crippen LogP contribution in [0.15, 0.2) is 71.6 Å². The third-order valence-electron chi connectivity index (χ3n) is 7.27. The van der Waals surface area contributed by atoms with Crippen molar-refractivity contribution >= 4 is 17.7 Å². The van der Waals surface area contributed by atoms with E-state index < -0.39 is 23.0 Å². The van der Waals surface area contributed by atoms with Crippen molar-refractivity contribution in [2.45, 2.75) is 23.2 Å². The van der Waals surface area contributed by atoms with E-state index in [2.05, 4.69) is 7.05 Å². The van der Waals surface area contributed by atoms with Crippen molar-refractivity contribution in [2.75, 3.05) is 32.4 Å². The van der Waals surface area contributed by atoms with Gasteiger partial charge in [0.1, 0.15) is 28.5 Å². The van der Waals surface area contributed by atoms with Crippen molar-refractivity contribution in [2.24, 2.45) is 11.7 Å². The molecule has 5 nitrogen and oxygen atoms in total. The van der Waals surface area contributed by atoms with Crippen molar-refractivity contribution in [1.29, 1.82) is 0 Å². The van der Waals surface area contributed by atoms with Gasteiger partial charge in [0.25, 0.3) is 0 Å². The summed E-state index contributed by atoms with van der Waals surface area (Å²) in [5, 5.41) is 19.7. The Morgan fingerprint density at radius 1 is 1.00 bits per heavy atom. The molecular formula is C28H31F2N2O3S+. The second kappa shape index (κ2) is 10.5. The van der Waals surface area contributed by atoms with Crippen molar-refractivity contribution in [3.05, 3.63) is 89.5 Å². The van der Waals surface area contributed by atoms with E-state index in [0.29, 0.717) is 22.6 Å². The highest BCUT2D eigenvalue weighted by atomic mass is 32.2. The molecule has 0 spiro atoms. The van der Waals surface area contributed by atoms with Crippen LogP contribution >= 0.6 is 11.8 Å². The van der Waals surface area contributed by atoms with E-state index in [1.807, 2.05) is 0 Å². The molecule has 1 saturated heterocycles. The highest BCUT2D eigenvalue weighted by Crippen LogP contribution is 2.45. The van der Waals surface area contributed by atoms with Gasteiger partial charge in [-0.15, -0.1) is 11.8 Å². The number of carbonyl (C=O) groups excluding carboxylic acids is 1. The number of thioether (sulfide) groups is 1. The van der Waals surface area contributed by atoms with E-state index in [1.54, 1.807) is 48.5 Å². The summed E-state index contributed by atoms with van der Waals surface area (Å²) in [5.41, 5.74) is 6.45. The molecule has 0 aliphatic carbocycles. The Morgan fingerprint density at radius 2 is 1.53 bits per heavy atom. The number of hydrogen-bond acceptors (Lipinski definition) is 4. The fourth-order valence-electron chi connectivity index (χ4n) is 5.56. The summed E-state index contributed by atoms with van der Waals surface area (Å²) in [6.45, 7) is 2.42. The number of halogens is 2. The number of nitrogens with two attached hydrogens (primary N) is 1. The van der Waals surface area contributed by atoms with Crippen LogP contribution < -0.4 is 5.73 Å². The molecule has 1 heterocycles. The number of quaternary nitrogens is 1. The molecule has 4 rings (SSSR count). The largest absolute Gasteiger partial charge is 0.508 e. The Kier molecular flexibility index (Phi) is 7.57. The Labute approximate surface area is 214 Å². The van der Waals surface area contributed by atoms with Crippen LogP contribution in [0.1, 0.15) is 24.0 Å². The third kappa shape index (κ3) is 5.34. The molecule has 0 aromatic heterocycles. The number of nitrogens with zero attached hydrogens (tertiary/aromatic N) is 1. The van der Waals surface area contributed by atoms with Crippen LogP contribution in [0.25, 0.3) is 0 Å². The summed E-state index contributed by atoms with van der Waals surface area (Å²) in [6.07, 6.45) is 1.61. The highest BCUT2D eigenvalue weighted by Gasteiger charge is 2.53. The molecule has 1 fully saturated rings. The molecule has 0 saturated carbocycles. The number of amides is 1. The lowest BCUT2D eigenvalue weighted by Crippen LogP contribution is -2.51. The number of rotatable bonds is 9. The van der Waals surface area contributed by atoms with E-state index in [1.165, 1.54) is 23.9 Å². The quantitative estimate of drug-likeness (QED) is 0.218. The van der Waals surface area contributed by atoms with Crippen molar-refractivity contribution < 1.29 is 28.3 Å². The van der Waals surface area contributed by atoms with Gasteiger partial charge in [0, 0.05) is 35.5 Å². The monoisotopic (exact) mass is 513 g/mol. The first-order valence-electron chi connectivity index (χ1n) is 11.9. The zero-order chi connectivity index (χ0) is 25.9. The molecule has 0 radical (unpaired) electrons. The van der Waals surface area contributed by atoms with Crippen LogP contribution in [0.3, 0.4) is 0 Å². The lowest BCUT2D eigenvalue weighted by atomic mass is 9.64. The SMILES string of the molecule is C[N+]1(CCCSc2cc(F)cc(F)c2)CCC(C(C(N)=O)(c2ccc(O)cc2)c2ccc(O)cc2)C1. The predicted octanol–water partition coefficient (Wildman–Crippen LogP) is 4.80. The van der Waals surface area contributed by atoms with Gasteiger partial charge in [-0.3, -0.25) is 4.79 Å². The van der Waals surface area contributed by atoms with E-state index >= 15 is 0 Å². The van der Waals surface area contributed by atoms with Gasteiger partial charge in [0.2, 0.25) is 5.91 Å². The highest BCUT2D eigenvalue weighted by molar-refractivity contribution is 7.99. The van der Waals surface area contributed by atoms with Gasteiger partial charge in [-0.05, 0) is 47.5 Å². The molecule has 0 bridgehead atoms. The number of aromatic hydroxyl groups is 2. The zero-order valence-electron chi connectivity index (χ0n) is 20.2. The summed E-state index contributed by atoms with van der Waals surface area (Å²) in [4.78, 5) is 13.9. The number of hydrogen-bond donors (Lipinski definition) is 3. The number of likely N-dealkylation sites (tertiary alicyclic amines) is 1. The Hall–Kier alpha value is -3.10. The predicted molar refractivity (Wildman–Crippen MR) is 137 cm³/mol. The molecule has 190 valence electrons. The normalized spacial score (nSPS) is 19.9. The van der Waals surface area contributed by atoms with E-state index in [4.69, 9.17) is 5.73 Å². The van der Waals surface area contributed by atoms with Gasteiger partial charge in [-0.2, -0.15) is 0 Å². The summed E-state index contributed by atoms with van der Waals surface area (Å²) in [7, 11) is 2.16. The van der Waals surface area contributed by atoms with Crippen molar-refractivity contribution in [1.82, 2.24) is 0 Å². The molecule has 1 aliphatic rings. The summed E-state index contributed by atoms with van der Waals surface area (Å²) >= 11 is 1.43. The topological polar surface area (TPSA) is 83.6 Å². The number of phenolic OH excluding ortho intramolecular Hbond substituents is 2. The first-order chi connectivity index (χ1) is 17.1. The van der Waals surface area contributed by atoms with Gasteiger partial charge < -0.3 is 20.4 Å². The van der Waals surface area contributed by atoms with Gasteiger partial charge in [-0.25, -0.2) is 8.78 Å². The van der Waals surface area contributed by atoms with Crippen LogP contribution in [0.2, 0.25) is 0 Å². The second-order valence-electron chi connectivity index (χ2n) is 9.81. The van der Waals surface area contributed by atoms with Crippen LogP contribution in [-0.2, 0) is 10.2 Å². The maximum atomic E-state index is 13.5. The summed E-state index contributed by atoms with van der Waals surface area (Å²) in [6, 6.07) is 16.7. The smallest absolute Gasteiger partial charge is 0.233 e. The van der Waals surface area contributed by atoms with Gasteiger partial charge in [-0.1, -0.05) is 24.3 Å². The molecule has 4 N–H and O–H groups in total. The van der Waals surface area contributed by atoms with Crippen LogP contribution in [0.5, 0.6) is 11.5 Å². The molecule has 1 aliphatic heterocycles. The minimum absolute atomic E-state index is 0.0981. The standard InChI is InChI=1S/C28H30F2N2O3S/c1-32(12-2-14-36-26-16-22(29)15-23(30)17-26)13-11-21(18-32)28(27(31)35,19-3-7-24(33)8-4-19)20-5-9-25(34)10-6-20/h3-10,15-17,21H,2,11-14,18H2,1H3,(H3-,31,33,34,35)/p+1. The number of carbonyl (C=O) groups is 1. The van der Waals surface area contributed by atoms with E-state index in [-0.39, 0.29) is 17.4 Å². The number of benzene rings is 3. The Bertz CT molecular complexity index is 1150. The third-order valence-corrected chi connectivity index (χ3v) is 8.33.